The zero-order valence-electron chi connectivity index (χ0n) is 12.9. The van der Waals surface area contributed by atoms with Crippen molar-refractivity contribution in [1.29, 1.82) is 0 Å². The van der Waals surface area contributed by atoms with Crippen molar-refractivity contribution in [3.63, 3.8) is 0 Å². The third-order valence-electron chi connectivity index (χ3n) is 3.74. The Morgan fingerprint density at radius 1 is 1.32 bits per heavy atom. The van der Waals surface area contributed by atoms with Gasteiger partial charge in [-0.3, -0.25) is 4.79 Å². The van der Waals surface area contributed by atoms with E-state index in [9.17, 15) is 4.79 Å². The summed E-state index contributed by atoms with van der Waals surface area (Å²) >= 11 is 5.36. The first-order valence-electron chi connectivity index (χ1n) is 7.58. The fourth-order valence-electron chi connectivity index (χ4n) is 2.46. The molecular weight excluding hydrogens is 298 g/mol. The van der Waals surface area contributed by atoms with Crippen molar-refractivity contribution in [3.05, 3.63) is 35.9 Å². The summed E-state index contributed by atoms with van der Waals surface area (Å²) in [6, 6.07) is 9.54. The minimum atomic E-state index is -0.000143. The van der Waals surface area contributed by atoms with Crippen LogP contribution in [0, 0.1) is 0 Å². The number of ether oxygens (including phenoxy) is 1. The minimum absolute atomic E-state index is 0.000143. The summed E-state index contributed by atoms with van der Waals surface area (Å²) in [5, 5.41) is 7.05. The van der Waals surface area contributed by atoms with Gasteiger partial charge in [0, 0.05) is 38.3 Å². The zero-order chi connectivity index (χ0) is 15.8. The largest absolute Gasteiger partial charge is 0.383 e. The molecule has 2 rings (SSSR count). The topological polar surface area (TPSA) is 53.6 Å². The smallest absolute Gasteiger partial charge is 0.251 e. The van der Waals surface area contributed by atoms with Gasteiger partial charge in [-0.1, -0.05) is 18.2 Å². The fraction of sp³-hybridized carbons (Fsp3) is 0.500. The Morgan fingerprint density at radius 3 is 2.64 bits per heavy atom. The molecule has 0 atom stereocenters. The molecule has 1 heterocycles. The number of likely N-dealkylation sites (tertiary alicyclic amines) is 1. The molecule has 1 aromatic carbocycles. The molecule has 1 aliphatic rings. The van der Waals surface area contributed by atoms with E-state index in [0.717, 1.165) is 37.6 Å². The van der Waals surface area contributed by atoms with E-state index in [4.69, 9.17) is 17.0 Å². The lowest BCUT2D eigenvalue weighted by Gasteiger charge is -2.34. The van der Waals surface area contributed by atoms with Gasteiger partial charge in [0.15, 0.2) is 5.11 Å². The van der Waals surface area contributed by atoms with Gasteiger partial charge in [-0.15, -0.1) is 0 Å². The van der Waals surface area contributed by atoms with E-state index in [1.165, 1.54) is 0 Å². The lowest BCUT2D eigenvalue weighted by molar-refractivity contribution is 0.0922. The molecule has 1 saturated heterocycles. The Hall–Kier alpha value is -1.66. The first-order chi connectivity index (χ1) is 10.7. The van der Waals surface area contributed by atoms with Crippen molar-refractivity contribution in [2.75, 3.05) is 33.4 Å². The lowest BCUT2D eigenvalue weighted by atomic mass is 10.0. The van der Waals surface area contributed by atoms with Crippen LogP contribution in [0.2, 0.25) is 0 Å². The van der Waals surface area contributed by atoms with Crippen LogP contribution < -0.4 is 10.6 Å². The summed E-state index contributed by atoms with van der Waals surface area (Å²) in [5.41, 5.74) is 0.710. The zero-order valence-corrected chi connectivity index (χ0v) is 13.7. The third kappa shape index (κ3) is 4.96. The number of carbonyl (C=O) groups excluding carboxylic acids is 1. The average molecular weight is 321 g/mol. The molecule has 1 aromatic rings. The van der Waals surface area contributed by atoms with Crippen molar-refractivity contribution >= 4 is 23.2 Å². The molecule has 6 heteroatoms. The van der Waals surface area contributed by atoms with Gasteiger partial charge in [-0.2, -0.15) is 0 Å². The van der Waals surface area contributed by atoms with Crippen molar-refractivity contribution < 1.29 is 9.53 Å². The Bertz CT molecular complexity index is 487. The number of hydrogen-bond donors (Lipinski definition) is 2. The van der Waals surface area contributed by atoms with E-state index >= 15 is 0 Å². The second kappa shape index (κ2) is 8.70. The lowest BCUT2D eigenvalue weighted by Crippen LogP contribution is -2.49. The maximum atomic E-state index is 12.1. The molecule has 120 valence electrons. The molecule has 2 N–H and O–H groups in total. The van der Waals surface area contributed by atoms with Crippen LogP contribution in [0.3, 0.4) is 0 Å². The third-order valence-corrected chi connectivity index (χ3v) is 4.14. The van der Waals surface area contributed by atoms with Crippen LogP contribution >= 0.6 is 12.2 Å². The van der Waals surface area contributed by atoms with Crippen LogP contribution in [0.15, 0.2) is 30.3 Å². The SMILES string of the molecule is COCCNC(=S)N1CCC(NC(=O)c2ccccc2)CC1. The molecule has 1 amide bonds. The highest BCUT2D eigenvalue weighted by Gasteiger charge is 2.22. The highest BCUT2D eigenvalue weighted by molar-refractivity contribution is 7.80. The van der Waals surface area contributed by atoms with Gasteiger partial charge < -0.3 is 20.3 Å². The van der Waals surface area contributed by atoms with Gasteiger partial charge in [-0.05, 0) is 37.2 Å². The summed E-state index contributed by atoms with van der Waals surface area (Å²) in [6.45, 7) is 3.08. The van der Waals surface area contributed by atoms with Gasteiger partial charge in [0.2, 0.25) is 0 Å². The first kappa shape index (κ1) is 16.7. The van der Waals surface area contributed by atoms with Crippen LogP contribution in [-0.2, 0) is 4.74 Å². The molecule has 22 heavy (non-hydrogen) atoms. The number of nitrogens with zero attached hydrogens (tertiary/aromatic N) is 1. The van der Waals surface area contributed by atoms with E-state index in [-0.39, 0.29) is 11.9 Å². The van der Waals surface area contributed by atoms with E-state index in [0.29, 0.717) is 12.2 Å². The van der Waals surface area contributed by atoms with Crippen LogP contribution in [0.25, 0.3) is 0 Å². The number of carbonyl (C=O) groups is 1. The molecule has 0 unspecified atom stereocenters. The van der Waals surface area contributed by atoms with Gasteiger partial charge in [-0.25, -0.2) is 0 Å². The average Bonchev–Trinajstić information content (AvgIpc) is 2.56. The number of hydrogen-bond acceptors (Lipinski definition) is 3. The number of methoxy groups -OCH3 is 1. The Labute approximate surface area is 137 Å². The Kier molecular flexibility index (Phi) is 6.61. The van der Waals surface area contributed by atoms with Crippen LogP contribution in [0.4, 0.5) is 0 Å². The summed E-state index contributed by atoms with van der Waals surface area (Å²) < 4.78 is 4.99. The van der Waals surface area contributed by atoms with Crippen LogP contribution in [-0.4, -0.2) is 55.3 Å². The Balaban J connectivity index is 1.73. The molecule has 1 aliphatic heterocycles. The standard InChI is InChI=1S/C16H23N3O2S/c1-21-12-9-17-16(22)19-10-7-14(8-11-19)18-15(20)13-5-3-2-4-6-13/h2-6,14H,7-12H2,1H3,(H,17,22)(H,18,20). The summed E-state index contributed by atoms with van der Waals surface area (Å²) in [6.07, 6.45) is 1.81. The van der Waals surface area contributed by atoms with E-state index in [1.54, 1.807) is 7.11 Å². The van der Waals surface area contributed by atoms with Gasteiger partial charge in [0.05, 0.1) is 6.61 Å². The molecule has 5 nitrogen and oxygen atoms in total. The quantitative estimate of drug-likeness (QED) is 0.634. The molecule has 0 spiro atoms. The van der Waals surface area contributed by atoms with Crippen LogP contribution in [0.1, 0.15) is 23.2 Å². The number of piperidine rings is 1. The van der Waals surface area contributed by atoms with Gasteiger partial charge in [0.1, 0.15) is 0 Å². The van der Waals surface area contributed by atoms with E-state index < -0.39 is 0 Å². The molecule has 0 aliphatic carbocycles. The normalized spacial score (nSPS) is 15.4. The molecule has 0 bridgehead atoms. The molecule has 1 fully saturated rings. The maximum Gasteiger partial charge on any atom is 0.251 e. The summed E-state index contributed by atoms with van der Waals surface area (Å²) in [7, 11) is 1.67. The molecule has 0 radical (unpaired) electrons. The number of benzene rings is 1. The summed E-state index contributed by atoms with van der Waals surface area (Å²) in [5.74, 6) is -0.000143. The van der Waals surface area contributed by atoms with E-state index in [2.05, 4.69) is 15.5 Å². The Morgan fingerprint density at radius 2 is 2.00 bits per heavy atom. The number of thiocarbonyl (C=S) groups is 1. The monoisotopic (exact) mass is 321 g/mol. The minimum Gasteiger partial charge on any atom is -0.383 e. The second-order valence-electron chi connectivity index (χ2n) is 5.33. The summed E-state index contributed by atoms with van der Waals surface area (Å²) in [4.78, 5) is 14.3. The van der Waals surface area contributed by atoms with E-state index in [1.807, 2.05) is 30.3 Å². The first-order valence-corrected chi connectivity index (χ1v) is 7.99. The fourth-order valence-corrected chi connectivity index (χ4v) is 2.74. The molecule has 0 saturated carbocycles. The number of amides is 1. The second-order valence-corrected chi connectivity index (χ2v) is 5.71. The van der Waals surface area contributed by atoms with Gasteiger partial charge >= 0.3 is 0 Å². The number of nitrogens with one attached hydrogen (secondary N) is 2. The van der Waals surface area contributed by atoms with Crippen molar-refractivity contribution in [2.45, 2.75) is 18.9 Å². The van der Waals surface area contributed by atoms with Gasteiger partial charge in [0.25, 0.3) is 5.91 Å². The number of rotatable bonds is 5. The predicted molar refractivity (Wildman–Crippen MR) is 91.0 cm³/mol. The highest BCUT2D eigenvalue weighted by Crippen LogP contribution is 2.11. The van der Waals surface area contributed by atoms with Crippen molar-refractivity contribution in [3.8, 4) is 0 Å². The van der Waals surface area contributed by atoms with Crippen LogP contribution in [0.5, 0.6) is 0 Å². The predicted octanol–water partition coefficient (Wildman–Crippen LogP) is 1.40. The van der Waals surface area contributed by atoms with Crippen molar-refractivity contribution in [2.24, 2.45) is 0 Å². The highest BCUT2D eigenvalue weighted by atomic mass is 32.1. The molecule has 0 aromatic heterocycles. The maximum absolute atomic E-state index is 12.1. The molecular formula is C16H23N3O2S. The van der Waals surface area contributed by atoms with Crippen molar-refractivity contribution in [1.82, 2.24) is 15.5 Å².